The summed E-state index contributed by atoms with van der Waals surface area (Å²) in [5, 5.41) is 8.24. The van der Waals surface area contributed by atoms with Crippen molar-refractivity contribution in [3.8, 4) is 0 Å². The van der Waals surface area contributed by atoms with Gasteiger partial charge in [-0.2, -0.15) is 0 Å². The largest absolute Gasteiger partial charge is 0.331 e. The second-order valence-corrected chi connectivity index (χ2v) is 6.79. The smallest absolute Gasteiger partial charge is 0.319 e. The van der Waals surface area contributed by atoms with Crippen molar-refractivity contribution in [2.45, 2.75) is 32.7 Å². The second-order valence-electron chi connectivity index (χ2n) is 6.79. The van der Waals surface area contributed by atoms with Crippen molar-refractivity contribution < 1.29 is 18.4 Å². The third-order valence-electron chi connectivity index (χ3n) is 4.49. The van der Waals surface area contributed by atoms with Gasteiger partial charge in [0.1, 0.15) is 0 Å². The van der Waals surface area contributed by atoms with Crippen LogP contribution in [0.2, 0.25) is 0 Å². The number of carbonyl (C=O) groups is 2. The van der Waals surface area contributed by atoms with Gasteiger partial charge in [-0.25, -0.2) is 13.6 Å². The molecule has 142 valence electrons. The Labute approximate surface area is 156 Å². The molecule has 1 aliphatic carbocycles. The monoisotopic (exact) mass is 373 g/mol. The molecular weight excluding hydrogens is 352 g/mol. The molecule has 0 unspecified atom stereocenters. The number of anilines is 2. The molecule has 3 amide bonds. The number of hydrogen-bond acceptors (Lipinski definition) is 2. The van der Waals surface area contributed by atoms with Gasteiger partial charge in [-0.05, 0) is 62.1 Å². The number of aryl methyl sites for hydroxylation is 1. The molecule has 0 aromatic heterocycles. The molecule has 0 saturated heterocycles. The summed E-state index contributed by atoms with van der Waals surface area (Å²) in [5.41, 5.74) is 2.45. The number of urea groups is 1. The molecule has 0 spiro atoms. The van der Waals surface area contributed by atoms with E-state index in [1.165, 1.54) is 6.07 Å². The minimum atomic E-state index is -0.962. The van der Waals surface area contributed by atoms with E-state index in [2.05, 4.69) is 16.0 Å². The number of hydrogen-bond donors (Lipinski definition) is 3. The van der Waals surface area contributed by atoms with Crippen molar-refractivity contribution in [2.24, 2.45) is 5.92 Å². The highest BCUT2D eigenvalue weighted by atomic mass is 19.2. The van der Waals surface area contributed by atoms with E-state index in [1.54, 1.807) is 25.1 Å². The van der Waals surface area contributed by atoms with Crippen LogP contribution >= 0.6 is 0 Å². The highest BCUT2D eigenvalue weighted by Crippen LogP contribution is 2.30. The molecule has 2 aromatic carbocycles. The van der Waals surface area contributed by atoms with Crippen LogP contribution in [0.15, 0.2) is 36.4 Å². The van der Waals surface area contributed by atoms with Crippen LogP contribution in [0.1, 0.15) is 36.9 Å². The molecule has 0 radical (unpaired) electrons. The zero-order valence-electron chi connectivity index (χ0n) is 15.1. The first-order valence-corrected chi connectivity index (χ1v) is 8.77. The van der Waals surface area contributed by atoms with E-state index in [-0.39, 0.29) is 11.8 Å². The third-order valence-corrected chi connectivity index (χ3v) is 4.49. The Morgan fingerprint density at radius 1 is 1.04 bits per heavy atom. The normalized spacial score (nSPS) is 14.4. The molecule has 0 aliphatic heterocycles. The van der Waals surface area contributed by atoms with Gasteiger partial charge in [-0.3, -0.25) is 4.79 Å². The van der Waals surface area contributed by atoms with Gasteiger partial charge in [0.2, 0.25) is 5.91 Å². The quantitative estimate of drug-likeness (QED) is 0.722. The molecule has 5 nitrogen and oxygen atoms in total. The molecule has 1 aliphatic rings. The van der Waals surface area contributed by atoms with Gasteiger partial charge in [-0.1, -0.05) is 12.1 Å². The predicted octanol–water partition coefficient (Wildman–Crippen LogP) is 4.50. The van der Waals surface area contributed by atoms with Crippen LogP contribution in [-0.2, 0) is 4.79 Å². The first kappa shape index (κ1) is 18.8. The van der Waals surface area contributed by atoms with E-state index in [0.29, 0.717) is 16.9 Å². The third kappa shape index (κ3) is 4.81. The predicted molar refractivity (Wildman–Crippen MR) is 99.5 cm³/mol. The SMILES string of the molecule is Cc1ccc(NC(=O)C2CC2)cc1NC(=O)N[C@H](C)c1ccc(F)c(F)c1. The number of carbonyl (C=O) groups excluding carboxylic acids is 2. The van der Waals surface area contributed by atoms with Crippen LogP contribution in [0.3, 0.4) is 0 Å². The molecular formula is C20H21F2N3O2. The average molecular weight is 373 g/mol. The van der Waals surface area contributed by atoms with Crippen LogP contribution in [-0.4, -0.2) is 11.9 Å². The molecule has 3 rings (SSSR count). The highest BCUT2D eigenvalue weighted by molar-refractivity contribution is 5.96. The van der Waals surface area contributed by atoms with E-state index in [9.17, 15) is 18.4 Å². The van der Waals surface area contributed by atoms with Gasteiger partial charge < -0.3 is 16.0 Å². The van der Waals surface area contributed by atoms with Crippen molar-refractivity contribution >= 4 is 23.3 Å². The van der Waals surface area contributed by atoms with Gasteiger partial charge >= 0.3 is 6.03 Å². The van der Waals surface area contributed by atoms with Crippen molar-refractivity contribution in [3.05, 3.63) is 59.2 Å². The van der Waals surface area contributed by atoms with Crippen LogP contribution in [0.5, 0.6) is 0 Å². The van der Waals surface area contributed by atoms with Gasteiger partial charge in [0, 0.05) is 17.3 Å². The summed E-state index contributed by atoms with van der Waals surface area (Å²) in [4.78, 5) is 24.2. The molecule has 27 heavy (non-hydrogen) atoms. The number of rotatable bonds is 5. The van der Waals surface area contributed by atoms with E-state index < -0.39 is 23.7 Å². The van der Waals surface area contributed by atoms with Crippen molar-refractivity contribution in [3.63, 3.8) is 0 Å². The number of nitrogens with one attached hydrogen (secondary N) is 3. The number of benzene rings is 2. The molecule has 1 atom stereocenters. The summed E-state index contributed by atoms with van der Waals surface area (Å²) in [6.07, 6.45) is 1.82. The Morgan fingerprint density at radius 3 is 2.44 bits per heavy atom. The minimum absolute atomic E-state index is 0.0128. The lowest BCUT2D eigenvalue weighted by molar-refractivity contribution is -0.117. The summed E-state index contributed by atoms with van der Waals surface area (Å²) in [7, 11) is 0. The summed E-state index contributed by atoms with van der Waals surface area (Å²) in [6.45, 7) is 3.51. The zero-order valence-corrected chi connectivity index (χ0v) is 15.1. The first-order chi connectivity index (χ1) is 12.8. The minimum Gasteiger partial charge on any atom is -0.331 e. The highest BCUT2D eigenvalue weighted by Gasteiger charge is 2.29. The van der Waals surface area contributed by atoms with Crippen molar-refractivity contribution in [2.75, 3.05) is 10.6 Å². The fourth-order valence-electron chi connectivity index (χ4n) is 2.64. The summed E-state index contributed by atoms with van der Waals surface area (Å²) < 4.78 is 26.4. The van der Waals surface area contributed by atoms with E-state index in [4.69, 9.17) is 0 Å². The molecule has 1 fully saturated rings. The molecule has 1 saturated carbocycles. The lowest BCUT2D eigenvalue weighted by Gasteiger charge is -2.17. The molecule has 3 N–H and O–H groups in total. The van der Waals surface area contributed by atoms with E-state index >= 15 is 0 Å². The average Bonchev–Trinajstić information content (AvgIpc) is 3.45. The number of amides is 3. The van der Waals surface area contributed by atoms with Crippen molar-refractivity contribution in [1.82, 2.24) is 5.32 Å². The van der Waals surface area contributed by atoms with Crippen LogP contribution in [0.25, 0.3) is 0 Å². The standard InChI is InChI=1S/C20H21F2N3O2/c1-11-3-7-15(24-19(26)13-4-5-13)10-18(11)25-20(27)23-12(2)14-6-8-16(21)17(22)9-14/h3,6-10,12-13H,4-5H2,1-2H3,(H,24,26)(H2,23,25,27)/t12-/m1/s1. The Hall–Kier alpha value is -2.96. The van der Waals surface area contributed by atoms with Gasteiger partial charge in [0.25, 0.3) is 0 Å². The maximum atomic E-state index is 13.3. The van der Waals surface area contributed by atoms with Gasteiger partial charge in [0.15, 0.2) is 11.6 Å². The Balaban J connectivity index is 1.64. The zero-order chi connectivity index (χ0) is 19.6. The fraction of sp³-hybridized carbons (Fsp3) is 0.300. The number of halogens is 2. The molecule has 2 aromatic rings. The molecule has 0 bridgehead atoms. The molecule has 0 heterocycles. The Bertz CT molecular complexity index is 882. The van der Waals surface area contributed by atoms with Crippen LogP contribution < -0.4 is 16.0 Å². The van der Waals surface area contributed by atoms with Gasteiger partial charge in [0.05, 0.1) is 6.04 Å². The summed E-state index contributed by atoms with van der Waals surface area (Å²) >= 11 is 0. The Morgan fingerprint density at radius 2 is 1.78 bits per heavy atom. The van der Waals surface area contributed by atoms with Gasteiger partial charge in [-0.15, -0.1) is 0 Å². The maximum absolute atomic E-state index is 13.3. The fourth-order valence-corrected chi connectivity index (χ4v) is 2.64. The lowest BCUT2D eigenvalue weighted by atomic mass is 10.1. The lowest BCUT2D eigenvalue weighted by Crippen LogP contribution is -2.31. The second kappa shape index (κ2) is 7.73. The van der Waals surface area contributed by atoms with E-state index in [1.807, 2.05) is 6.92 Å². The van der Waals surface area contributed by atoms with Crippen LogP contribution in [0, 0.1) is 24.5 Å². The first-order valence-electron chi connectivity index (χ1n) is 8.77. The molecule has 7 heteroatoms. The summed E-state index contributed by atoms with van der Waals surface area (Å²) in [5.74, 6) is -1.82. The van der Waals surface area contributed by atoms with E-state index in [0.717, 1.165) is 30.5 Å². The van der Waals surface area contributed by atoms with Crippen LogP contribution in [0.4, 0.5) is 25.0 Å². The van der Waals surface area contributed by atoms with Crippen molar-refractivity contribution in [1.29, 1.82) is 0 Å². The summed E-state index contributed by atoms with van der Waals surface area (Å²) in [6, 6.07) is 7.77. The topological polar surface area (TPSA) is 70.2 Å². The maximum Gasteiger partial charge on any atom is 0.319 e. The Kier molecular flexibility index (Phi) is 5.39.